The van der Waals surface area contributed by atoms with Crippen molar-refractivity contribution in [3.05, 3.63) is 59.7 Å². The Kier molecular flexibility index (Phi) is 5.86. The van der Waals surface area contributed by atoms with Crippen LogP contribution in [0.2, 0.25) is 0 Å². The van der Waals surface area contributed by atoms with E-state index in [4.69, 9.17) is 0 Å². The number of hydrogen-bond acceptors (Lipinski definition) is 3. The average molecular weight is 365 g/mol. The second kappa shape index (κ2) is 8.49. The molecule has 6 heteroatoms. The molecule has 27 heavy (non-hydrogen) atoms. The van der Waals surface area contributed by atoms with Gasteiger partial charge in [0, 0.05) is 35.5 Å². The van der Waals surface area contributed by atoms with E-state index in [1.54, 1.807) is 48.5 Å². The molecular formula is C21H23N3O3. The maximum Gasteiger partial charge on any atom is 0.255 e. The lowest BCUT2D eigenvalue weighted by Gasteiger charge is -2.12. The number of anilines is 2. The third-order valence-corrected chi connectivity index (χ3v) is 4.56. The summed E-state index contributed by atoms with van der Waals surface area (Å²) in [6.07, 6.45) is 4.42. The molecule has 2 aromatic rings. The molecule has 1 fully saturated rings. The van der Waals surface area contributed by atoms with E-state index in [-0.39, 0.29) is 23.8 Å². The smallest absolute Gasteiger partial charge is 0.255 e. The summed E-state index contributed by atoms with van der Waals surface area (Å²) in [5, 5.41) is 8.50. The molecule has 6 nitrogen and oxygen atoms in total. The molecule has 1 saturated carbocycles. The average Bonchev–Trinajstić information content (AvgIpc) is 3.15. The van der Waals surface area contributed by atoms with E-state index in [1.807, 2.05) is 0 Å². The van der Waals surface area contributed by atoms with Gasteiger partial charge in [-0.25, -0.2) is 0 Å². The fourth-order valence-electron chi connectivity index (χ4n) is 3.16. The van der Waals surface area contributed by atoms with Crippen LogP contribution in [-0.2, 0) is 4.79 Å². The summed E-state index contributed by atoms with van der Waals surface area (Å²) in [6.45, 7) is 1.43. The van der Waals surface area contributed by atoms with Gasteiger partial charge in [-0.05, 0) is 61.4 Å². The van der Waals surface area contributed by atoms with Crippen LogP contribution < -0.4 is 16.0 Å². The van der Waals surface area contributed by atoms with Crippen LogP contribution >= 0.6 is 0 Å². The molecule has 3 N–H and O–H groups in total. The Morgan fingerprint density at radius 3 is 1.74 bits per heavy atom. The first-order valence-corrected chi connectivity index (χ1v) is 9.11. The predicted octanol–water partition coefficient (Wildman–Crippen LogP) is 3.57. The van der Waals surface area contributed by atoms with Gasteiger partial charge in [0.25, 0.3) is 11.8 Å². The first-order valence-electron chi connectivity index (χ1n) is 9.11. The topological polar surface area (TPSA) is 87.3 Å². The Labute approximate surface area is 158 Å². The van der Waals surface area contributed by atoms with Crippen molar-refractivity contribution in [2.45, 2.75) is 38.6 Å². The third-order valence-electron chi connectivity index (χ3n) is 4.56. The molecule has 0 aromatic heterocycles. The van der Waals surface area contributed by atoms with Gasteiger partial charge in [-0.1, -0.05) is 12.8 Å². The van der Waals surface area contributed by atoms with Crippen molar-refractivity contribution >= 4 is 29.1 Å². The van der Waals surface area contributed by atoms with E-state index in [1.165, 1.54) is 19.8 Å². The van der Waals surface area contributed by atoms with E-state index >= 15 is 0 Å². The number of hydrogen-bond donors (Lipinski definition) is 3. The molecule has 0 bridgehead atoms. The molecule has 1 aliphatic rings. The minimum absolute atomic E-state index is 0.0756. The summed E-state index contributed by atoms with van der Waals surface area (Å²) in [5.41, 5.74) is 2.31. The van der Waals surface area contributed by atoms with E-state index in [0.29, 0.717) is 22.5 Å². The van der Waals surface area contributed by atoms with Crippen LogP contribution in [0.15, 0.2) is 48.5 Å². The van der Waals surface area contributed by atoms with Crippen molar-refractivity contribution in [1.29, 1.82) is 0 Å². The number of nitrogens with one attached hydrogen (secondary N) is 3. The minimum Gasteiger partial charge on any atom is -0.349 e. The van der Waals surface area contributed by atoms with Crippen molar-refractivity contribution in [2.24, 2.45) is 0 Å². The van der Waals surface area contributed by atoms with Crippen molar-refractivity contribution in [3.8, 4) is 0 Å². The van der Waals surface area contributed by atoms with Gasteiger partial charge >= 0.3 is 0 Å². The zero-order valence-electron chi connectivity index (χ0n) is 15.2. The van der Waals surface area contributed by atoms with Crippen molar-refractivity contribution in [1.82, 2.24) is 5.32 Å². The van der Waals surface area contributed by atoms with Crippen molar-refractivity contribution in [3.63, 3.8) is 0 Å². The normalized spacial score (nSPS) is 13.8. The summed E-state index contributed by atoms with van der Waals surface area (Å²) in [5.74, 6) is -0.495. The second-order valence-electron chi connectivity index (χ2n) is 6.74. The summed E-state index contributed by atoms with van der Waals surface area (Å²) < 4.78 is 0. The van der Waals surface area contributed by atoms with E-state index in [9.17, 15) is 14.4 Å². The molecule has 140 valence electrons. The van der Waals surface area contributed by atoms with Crippen LogP contribution in [0.5, 0.6) is 0 Å². The maximum absolute atomic E-state index is 12.3. The van der Waals surface area contributed by atoms with Crippen LogP contribution in [0.4, 0.5) is 11.4 Å². The molecule has 3 amide bonds. The number of carbonyl (C=O) groups excluding carboxylic acids is 3. The monoisotopic (exact) mass is 365 g/mol. The Hall–Kier alpha value is -3.15. The lowest BCUT2D eigenvalue weighted by Crippen LogP contribution is -2.32. The highest BCUT2D eigenvalue weighted by Crippen LogP contribution is 2.19. The first kappa shape index (κ1) is 18.6. The molecule has 2 aromatic carbocycles. The molecule has 3 rings (SSSR count). The number of amides is 3. The van der Waals surface area contributed by atoms with Crippen LogP contribution in [0.3, 0.4) is 0 Å². The van der Waals surface area contributed by atoms with Crippen molar-refractivity contribution < 1.29 is 14.4 Å². The zero-order valence-corrected chi connectivity index (χ0v) is 15.2. The highest BCUT2D eigenvalue weighted by atomic mass is 16.2. The van der Waals surface area contributed by atoms with Gasteiger partial charge in [-0.3, -0.25) is 14.4 Å². The number of rotatable bonds is 5. The van der Waals surface area contributed by atoms with E-state index in [0.717, 1.165) is 12.8 Å². The summed E-state index contributed by atoms with van der Waals surface area (Å²) >= 11 is 0. The summed E-state index contributed by atoms with van der Waals surface area (Å²) in [7, 11) is 0. The lowest BCUT2D eigenvalue weighted by molar-refractivity contribution is -0.114. The standard InChI is InChI=1S/C21H23N3O3/c1-14(25)22-18-10-6-15(7-11-18)21(27)24-19-12-8-16(9-13-19)20(26)23-17-4-2-3-5-17/h6-13,17H,2-5H2,1H3,(H,22,25)(H,23,26)(H,24,27). The fourth-order valence-corrected chi connectivity index (χ4v) is 3.16. The minimum atomic E-state index is -0.257. The predicted molar refractivity (Wildman–Crippen MR) is 105 cm³/mol. The maximum atomic E-state index is 12.3. The van der Waals surface area contributed by atoms with Crippen LogP contribution in [-0.4, -0.2) is 23.8 Å². The molecule has 0 unspecified atom stereocenters. The first-order chi connectivity index (χ1) is 13.0. The molecule has 0 aliphatic heterocycles. The molecule has 0 spiro atoms. The third kappa shape index (κ3) is 5.17. The highest BCUT2D eigenvalue weighted by molar-refractivity contribution is 6.05. The Bertz CT molecular complexity index is 823. The van der Waals surface area contributed by atoms with Gasteiger partial charge in [0.1, 0.15) is 0 Å². The highest BCUT2D eigenvalue weighted by Gasteiger charge is 2.17. The van der Waals surface area contributed by atoms with Gasteiger partial charge in [0.2, 0.25) is 5.91 Å². The van der Waals surface area contributed by atoms with Crippen molar-refractivity contribution in [2.75, 3.05) is 10.6 Å². The summed E-state index contributed by atoms with van der Waals surface area (Å²) in [6, 6.07) is 13.8. The quantitative estimate of drug-likeness (QED) is 0.757. The van der Waals surface area contributed by atoms with Gasteiger partial charge in [-0.15, -0.1) is 0 Å². The molecule has 1 aliphatic carbocycles. The SMILES string of the molecule is CC(=O)Nc1ccc(C(=O)Nc2ccc(C(=O)NC3CCCC3)cc2)cc1. The fraction of sp³-hybridized carbons (Fsp3) is 0.286. The molecule has 0 radical (unpaired) electrons. The molecule has 0 heterocycles. The molecule has 0 atom stereocenters. The summed E-state index contributed by atoms with van der Waals surface area (Å²) in [4.78, 5) is 35.6. The van der Waals surface area contributed by atoms with Crippen LogP contribution in [0.25, 0.3) is 0 Å². The van der Waals surface area contributed by atoms with Gasteiger partial charge in [-0.2, -0.15) is 0 Å². The van der Waals surface area contributed by atoms with Gasteiger partial charge in [0.05, 0.1) is 0 Å². The Balaban J connectivity index is 1.57. The van der Waals surface area contributed by atoms with E-state index < -0.39 is 0 Å². The zero-order chi connectivity index (χ0) is 19.2. The van der Waals surface area contributed by atoms with Crippen LogP contribution in [0, 0.1) is 0 Å². The number of benzene rings is 2. The second-order valence-corrected chi connectivity index (χ2v) is 6.74. The largest absolute Gasteiger partial charge is 0.349 e. The Morgan fingerprint density at radius 1 is 0.741 bits per heavy atom. The number of carbonyl (C=O) groups is 3. The lowest BCUT2D eigenvalue weighted by atomic mass is 10.1. The van der Waals surface area contributed by atoms with Crippen LogP contribution in [0.1, 0.15) is 53.3 Å². The van der Waals surface area contributed by atoms with E-state index in [2.05, 4.69) is 16.0 Å². The van der Waals surface area contributed by atoms with Gasteiger partial charge in [0.15, 0.2) is 0 Å². The van der Waals surface area contributed by atoms with Gasteiger partial charge < -0.3 is 16.0 Å². The molecular weight excluding hydrogens is 342 g/mol. The Morgan fingerprint density at radius 2 is 1.22 bits per heavy atom. The molecule has 0 saturated heterocycles.